The van der Waals surface area contributed by atoms with Crippen molar-refractivity contribution in [2.24, 2.45) is 0 Å². The van der Waals surface area contributed by atoms with Crippen LogP contribution in [0.3, 0.4) is 0 Å². The van der Waals surface area contributed by atoms with E-state index < -0.39 is 16.1 Å². The molecular formula is C14H24N4O4S. The van der Waals surface area contributed by atoms with E-state index in [1.807, 2.05) is 0 Å². The first-order valence-electron chi connectivity index (χ1n) is 7.69. The van der Waals surface area contributed by atoms with Crippen LogP contribution in [0.15, 0.2) is 9.42 Å². The van der Waals surface area contributed by atoms with Crippen LogP contribution in [0.25, 0.3) is 0 Å². The fraction of sp³-hybridized carbons (Fsp3) is 0.714. The summed E-state index contributed by atoms with van der Waals surface area (Å²) >= 11 is 0. The Labute approximate surface area is 136 Å². The summed E-state index contributed by atoms with van der Waals surface area (Å²) in [6.45, 7) is 7.49. The van der Waals surface area contributed by atoms with Crippen LogP contribution in [0.5, 0.6) is 0 Å². The van der Waals surface area contributed by atoms with Gasteiger partial charge in [-0.1, -0.05) is 5.16 Å². The van der Waals surface area contributed by atoms with Gasteiger partial charge in [0.05, 0.1) is 6.04 Å². The number of piperidine rings is 1. The molecule has 0 aromatic carbocycles. The largest absolute Gasteiger partial charge is 0.360 e. The first kappa shape index (κ1) is 17.9. The quantitative estimate of drug-likeness (QED) is 0.704. The predicted molar refractivity (Wildman–Crippen MR) is 84.4 cm³/mol. The van der Waals surface area contributed by atoms with Gasteiger partial charge in [0.25, 0.3) is 0 Å². The summed E-state index contributed by atoms with van der Waals surface area (Å²) in [7, 11) is -3.85. The highest BCUT2D eigenvalue weighted by atomic mass is 32.2. The van der Waals surface area contributed by atoms with Gasteiger partial charge in [0.15, 0.2) is 5.76 Å². The van der Waals surface area contributed by atoms with Crippen molar-refractivity contribution in [3.8, 4) is 0 Å². The number of hydrogen-bond acceptors (Lipinski definition) is 6. The van der Waals surface area contributed by atoms with E-state index in [9.17, 15) is 13.2 Å². The number of carbonyl (C=O) groups excluding carboxylic acids is 1. The van der Waals surface area contributed by atoms with Gasteiger partial charge in [0, 0.05) is 12.1 Å². The SMILES string of the molecule is Cc1noc(C)c1S(=O)(=O)NC(C)C(=O)NC1CCNC(C)C1. The summed E-state index contributed by atoms with van der Waals surface area (Å²) in [5, 5.41) is 9.84. The van der Waals surface area contributed by atoms with Crippen molar-refractivity contribution in [1.29, 1.82) is 0 Å². The number of nitrogens with zero attached hydrogens (tertiary/aromatic N) is 1. The molecule has 9 heteroatoms. The molecule has 23 heavy (non-hydrogen) atoms. The molecule has 2 heterocycles. The number of nitrogens with one attached hydrogen (secondary N) is 3. The number of sulfonamides is 1. The molecule has 3 atom stereocenters. The normalized spacial score (nSPS) is 23.5. The van der Waals surface area contributed by atoms with Crippen molar-refractivity contribution in [2.45, 2.75) is 63.6 Å². The van der Waals surface area contributed by atoms with Gasteiger partial charge in [-0.25, -0.2) is 8.42 Å². The topological polar surface area (TPSA) is 113 Å². The minimum atomic E-state index is -3.85. The zero-order valence-corrected chi connectivity index (χ0v) is 14.7. The third-order valence-electron chi connectivity index (χ3n) is 3.93. The highest BCUT2D eigenvalue weighted by Gasteiger charge is 2.29. The van der Waals surface area contributed by atoms with E-state index >= 15 is 0 Å². The second-order valence-corrected chi connectivity index (χ2v) is 7.73. The molecule has 3 N–H and O–H groups in total. The lowest BCUT2D eigenvalue weighted by atomic mass is 10.0. The Morgan fingerprint density at radius 3 is 2.70 bits per heavy atom. The average Bonchev–Trinajstić information content (AvgIpc) is 2.78. The van der Waals surface area contributed by atoms with E-state index in [4.69, 9.17) is 4.52 Å². The third-order valence-corrected chi connectivity index (χ3v) is 5.72. The maximum absolute atomic E-state index is 12.4. The van der Waals surface area contributed by atoms with Gasteiger partial charge in [-0.3, -0.25) is 4.79 Å². The monoisotopic (exact) mass is 344 g/mol. The molecule has 1 amide bonds. The summed E-state index contributed by atoms with van der Waals surface area (Å²) in [6, 6.07) is -0.480. The summed E-state index contributed by atoms with van der Waals surface area (Å²) in [5.41, 5.74) is 0.273. The maximum atomic E-state index is 12.4. The van der Waals surface area contributed by atoms with Crippen molar-refractivity contribution in [1.82, 2.24) is 20.5 Å². The molecule has 2 rings (SSSR count). The van der Waals surface area contributed by atoms with Crippen LogP contribution in [0.1, 0.15) is 38.1 Å². The van der Waals surface area contributed by atoms with Gasteiger partial charge in [-0.2, -0.15) is 4.72 Å². The Morgan fingerprint density at radius 1 is 1.43 bits per heavy atom. The van der Waals surface area contributed by atoms with Gasteiger partial charge in [0.2, 0.25) is 15.9 Å². The zero-order chi connectivity index (χ0) is 17.2. The van der Waals surface area contributed by atoms with Crippen molar-refractivity contribution < 1.29 is 17.7 Å². The first-order chi connectivity index (χ1) is 10.7. The fourth-order valence-corrected chi connectivity index (χ4v) is 4.32. The molecule has 130 valence electrons. The summed E-state index contributed by atoms with van der Waals surface area (Å²) in [4.78, 5) is 12.2. The van der Waals surface area contributed by atoms with Gasteiger partial charge in [0.1, 0.15) is 10.6 Å². The molecule has 1 fully saturated rings. The highest BCUT2D eigenvalue weighted by Crippen LogP contribution is 2.19. The molecule has 1 aromatic rings. The molecule has 0 spiro atoms. The van der Waals surface area contributed by atoms with Crippen LogP contribution in [-0.2, 0) is 14.8 Å². The molecular weight excluding hydrogens is 320 g/mol. The van der Waals surface area contributed by atoms with E-state index in [0.717, 1.165) is 19.4 Å². The Morgan fingerprint density at radius 2 is 2.13 bits per heavy atom. The van der Waals surface area contributed by atoms with Gasteiger partial charge in [-0.15, -0.1) is 0 Å². The lowest BCUT2D eigenvalue weighted by Crippen LogP contribution is -2.52. The van der Waals surface area contributed by atoms with Crippen molar-refractivity contribution in [3.05, 3.63) is 11.5 Å². The molecule has 0 bridgehead atoms. The minimum absolute atomic E-state index is 0.00682. The van der Waals surface area contributed by atoms with Crippen LogP contribution in [0, 0.1) is 13.8 Å². The third kappa shape index (κ3) is 4.30. The maximum Gasteiger partial charge on any atom is 0.246 e. The van der Waals surface area contributed by atoms with Crippen LogP contribution in [0.2, 0.25) is 0 Å². The number of aromatic nitrogens is 1. The lowest BCUT2D eigenvalue weighted by Gasteiger charge is -2.29. The summed E-state index contributed by atoms with van der Waals surface area (Å²) < 4.78 is 32.1. The van der Waals surface area contributed by atoms with E-state index in [-0.39, 0.29) is 28.3 Å². The smallest absolute Gasteiger partial charge is 0.246 e. The Hall–Kier alpha value is -1.45. The molecule has 8 nitrogen and oxygen atoms in total. The van der Waals surface area contributed by atoms with Crippen molar-refractivity contribution in [3.63, 3.8) is 0 Å². The molecule has 1 saturated heterocycles. The highest BCUT2D eigenvalue weighted by molar-refractivity contribution is 7.89. The second kappa shape index (κ2) is 6.98. The average molecular weight is 344 g/mol. The molecule has 1 aliphatic heterocycles. The van der Waals surface area contributed by atoms with Crippen LogP contribution < -0.4 is 15.4 Å². The summed E-state index contributed by atoms with van der Waals surface area (Å²) in [6.07, 6.45) is 1.66. The van der Waals surface area contributed by atoms with Gasteiger partial charge >= 0.3 is 0 Å². The molecule has 1 aliphatic rings. The molecule has 0 saturated carbocycles. The van der Waals surface area contributed by atoms with Crippen molar-refractivity contribution >= 4 is 15.9 Å². The Kier molecular flexibility index (Phi) is 5.43. The number of amides is 1. The van der Waals surface area contributed by atoms with Crippen molar-refractivity contribution in [2.75, 3.05) is 6.54 Å². The summed E-state index contributed by atoms with van der Waals surface area (Å²) in [5.74, 6) is -0.130. The van der Waals surface area contributed by atoms with Crippen LogP contribution >= 0.6 is 0 Å². The molecule has 0 radical (unpaired) electrons. The fourth-order valence-electron chi connectivity index (χ4n) is 2.79. The number of aryl methyl sites for hydroxylation is 2. The Bertz CT molecular complexity index is 651. The molecule has 0 aliphatic carbocycles. The van der Waals surface area contributed by atoms with E-state index in [1.54, 1.807) is 6.92 Å². The zero-order valence-electron chi connectivity index (χ0n) is 13.8. The first-order valence-corrected chi connectivity index (χ1v) is 9.18. The van der Waals surface area contributed by atoms with E-state index in [2.05, 4.69) is 27.4 Å². The van der Waals surface area contributed by atoms with Gasteiger partial charge < -0.3 is 15.2 Å². The molecule has 3 unspecified atom stereocenters. The van der Waals surface area contributed by atoms with Crippen LogP contribution in [0.4, 0.5) is 0 Å². The second-order valence-electron chi connectivity index (χ2n) is 6.08. The predicted octanol–water partition coefficient (Wildman–Crippen LogP) is 0.215. The standard InChI is InChI=1S/C14H24N4O4S/c1-8-7-12(5-6-15-8)16-14(19)10(3)18-23(20,21)13-9(2)17-22-11(13)4/h8,10,12,15,18H,5-7H2,1-4H3,(H,16,19). The number of rotatable bonds is 5. The van der Waals surface area contributed by atoms with Gasteiger partial charge in [-0.05, 0) is 47.1 Å². The molecule has 1 aromatic heterocycles. The van der Waals surface area contributed by atoms with E-state index in [1.165, 1.54) is 13.8 Å². The van der Waals surface area contributed by atoms with E-state index in [0.29, 0.717) is 6.04 Å². The number of carbonyl (C=O) groups is 1. The minimum Gasteiger partial charge on any atom is -0.360 e. The van der Waals surface area contributed by atoms with Crippen LogP contribution in [-0.4, -0.2) is 44.2 Å². The lowest BCUT2D eigenvalue weighted by molar-refractivity contribution is -0.123. The number of hydrogen-bond donors (Lipinski definition) is 3. The Balaban J connectivity index is 2.00.